The Kier molecular flexibility index (Phi) is 6.58. The first kappa shape index (κ1) is 11.7. The maximum atomic E-state index is 11.0. The number of rotatable bonds is 4. The van der Waals surface area contributed by atoms with Crippen LogP contribution < -0.4 is 0 Å². The first-order chi connectivity index (χ1) is 5.13. The van der Waals surface area contributed by atoms with E-state index in [1.54, 1.807) is 27.9 Å². The van der Waals surface area contributed by atoms with Crippen LogP contribution in [0, 0.1) is 5.21 Å². The zero-order valence-corrected chi connectivity index (χ0v) is 10.8. The lowest BCUT2D eigenvalue weighted by molar-refractivity contribution is -0.689. The Labute approximate surface area is 94.2 Å². The van der Waals surface area contributed by atoms with Crippen LogP contribution in [-0.2, 0) is 0 Å². The van der Waals surface area contributed by atoms with Crippen molar-refractivity contribution < 1.29 is 4.97 Å². The van der Waals surface area contributed by atoms with Crippen molar-refractivity contribution in [3.63, 3.8) is 0 Å². The molecule has 0 saturated heterocycles. The third-order valence-corrected chi connectivity index (χ3v) is 2.05. The summed E-state index contributed by atoms with van der Waals surface area (Å²) in [6, 6.07) is 0.209. The summed E-state index contributed by atoms with van der Waals surface area (Å²) in [5.74, 6) is 0. The van der Waals surface area contributed by atoms with Crippen molar-refractivity contribution in [1.82, 2.24) is 5.01 Å². The molecule has 4 nitrogen and oxygen atoms in total. The fraction of sp³-hybridized carbons (Fsp3) is 1.00. The van der Waals surface area contributed by atoms with Gasteiger partial charge in [-0.1, -0.05) is 22.6 Å². The Morgan fingerprint density at radius 3 is 2.45 bits per heavy atom. The van der Waals surface area contributed by atoms with Crippen molar-refractivity contribution in [2.45, 2.75) is 19.9 Å². The Morgan fingerprint density at radius 2 is 2.18 bits per heavy atom. The van der Waals surface area contributed by atoms with Crippen molar-refractivity contribution in [3.05, 3.63) is 5.21 Å². The van der Waals surface area contributed by atoms with Gasteiger partial charge in [0, 0.05) is 9.40 Å². The average Bonchev–Trinajstić information content (AvgIpc) is 1.98. The average molecular weight is 383 g/mol. The van der Waals surface area contributed by atoms with E-state index in [0.29, 0.717) is 4.97 Å². The summed E-state index contributed by atoms with van der Waals surface area (Å²) in [7, 11) is 0. The van der Waals surface area contributed by atoms with Gasteiger partial charge in [-0.25, -0.2) is 0 Å². The van der Waals surface area contributed by atoms with Crippen LogP contribution in [-0.4, -0.2) is 27.0 Å². The molecular weight excluding hydrogens is 372 g/mol. The van der Waals surface area contributed by atoms with Gasteiger partial charge in [0.05, 0.1) is 15.9 Å². The van der Waals surface area contributed by atoms with Gasteiger partial charge in [0.1, 0.15) is 0 Å². The molecule has 0 unspecified atom stereocenters. The van der Waals surface area contributed by atoms with Crippen LogP contribution in [0.2, 0.25) is 0 Å². The molecule has 0 N–H and O–H groups in total. The Bertz CT molecular complexity index is 140. The molecule has 0 aromatic rings. The van der Waals surface area contributed by atoms with E-state index in [1.165, 1.54) is 0 Å². The van der Waals surface area contributed by atoms with E-state index < -0.39 is 0 Å². The molecular formula is C5H11I2N3O. The largest absolute Gasteiger partial charge is 0.571 e. The van der Waals surface area contributed by atoms with Crippen LogP contribution in [0.5, 0.6) is 0 Å². The number of hydrogen-bond donors (Lipinski definition) is 0. The minimum Gasteiger partial charge on any atom is -0.571 e. The van der Waals surface area contributed by atoms with Gasteiger partial charge in [-0.3, -0.25) is 0 Å². The lowest BCUT2D eigenvalue weighted by Gasteiger charge is -2.20. The van der Waals surface area contributed by atoms with E-state index in [4.69, 9.17) is 0 Å². The van der Waals surface area contributed by atoms with Gasteiger partial charge < -0.3 is 5.21 Å². The molecule has 0 bridgehead atoms. The van der Waals surface area contributed by atoms with Gasteiger partial charge >= 0.3 is 0 Å². The molecule has 0 amide bonds. The molecule has 0 aromatic carbocycles. The molecule has 0 radical (unpaired) electrons. The van der Waals surface area contributed by atoms with Crippen LogP contribution in [0.1, 0.15) is 13.8 Å². The number of nitrogens with zero attached hydrogens (tertiary/aromatic N) is 3. The van der Waals surface area contributed by atoms with Crippen molar-refractivity contribution in [2.75, 3.05) is 11.0 Å². The predicted octanol–water partition coefficient (Wildman–Crippen LogP) is 2.36. The molecule has 0 spiro atoms. The van der Waals surface area contributed by atoms with Gasteiger partial charge in [-0.2, -0.15) is 0 Å². The first-order valence-corrected chi connectivity index (χ1v) is 5.74. The van der Waals surface area contributed by atoms with E-state index in [2.05, 4.69) is 25.9 Å². The molecule has 11 heavy (non-hydrogen) atoms. The van der Waals surface area contributed by atoms with Gasteiger partial charge in [0.2, 0.25) is 0 Å². The quantitative estimate of drug-likeness (QED) is 0.246. The summed E-state index contributed by atoms with van der Waals surface area (Å²) in [5.41, 5.74) is 0. The maximum absolute atomic E-state index is 11.0. The normalized spacial score (nSPS) is 12.3. The first-order valence-electron chi connectivity index (χ1n) is 3.25. The van der Waals surface area contributed by atoms with Crippen LogP contribution >= 0.6 is 45.5 Å². The minimum atomic E-state index is 0.209. The van der Waals surface area contributed by atoms with Crippen LogP contribution in [0.15, 0.2) is 3.33 Å². The summed E-state index contributed by atoms with van der Waals surface area (Å²) in [6.07, 6.45) is 0. The molecule has 0 aliphatic heterocycles. The van der Waals surface area contributed by atoms with Crippen molar-refractivity contribution in [1.29, 1.82) is 0 Å². The standard InChI is InChI=1S/C5H11I2N3O/c1-5(2)9(4-3-6)10(11)8-7/h5H,3-4H2,1-2H3. The molecule has 0 aromatic heterocycles. The van der Waals surface area contributed by atoms with Gasteiger partial charge in [-0.15, -0.1) is 5.01 Å². The lowest BCUT2D eigenvalue weighted by atomic mass is 10.4. The highest BCUT2D eigenvalue weighted by Gasteiger charge is 2.14. The summed E-state index contributed by atoms with van der Waals surface area (Å²) < 4.78 is 4.43. The van der Waals surface area contributed by atoms with Gasteiger partial charge in [0.25, 0.3) is 0 Å². The Balaban J connectivity index is 4.10. The van der Waals surface area contributed by atoms with E-state index in [9.17, 15) is 5.21 Å². The molecule has 66 valence electrons. The van der Waals surface area contributed by atoms with E-state index in [0.717, 1.165) is 11.0 Å². The molecule has 0 aliphatic rings. The SMILES string of the molecule is CC(C)N(CCI)[N+]([O-])=NI. The monoisotopic (exact) mass is 383 g/mol. The summed E-state index contributed by atoms with van der Waals surface area (Å²) in [5, 5.41) is 12.7. The van der Waals surface area contributed by atoms with Crippen molar-refractivity contribution >= 4 is 45.5 Å². The predicted molar refractivity (Wildman–Crippen MR) is 60.8 cm³/mol. The number of hydrazine groups is 1. The summed E-state index contributed by atoms with van der Waals surface area (Å²) >= 11 is 3.93. The molecule has 6 heteroatoms. The topological polar surface area (TPSA) is 41.7 Å². The summed E-state index contributed by atoms with van der Waals surface area (Å²) in [6.45, 7) is 4.69. The fourth-order valence-electron chi connectivity index (χ4n) is 0.671. The molecule has 0 rings (SSSR count). The third-order valence-electron chi connectivity index (χ3n) is 1.19. The number of halogens is 2. The van der Waals surface area contributed by atoms with Crippen LogP contribution in [0.3, 0.4) is 0 Å². The highest BCUT2D eigenvalue weighted by molar-refractivity contribution is 14.1. The second-order valence-corrected chi connectivity index (χ2v) is 3.78. The van der Waals surface area contributed by atoms with E-state index in [-0.39, 0.29) is 6.04 Å². The highest BCUT2D eigenvalue weighted by Crippen LogP contribution is 2.02. The zero-order valence-electron chi connectivity index (χ0n) is 6.50. The van der Waals surface area contributed by atoms with Crippen LogP contribution in [0.4, 0.5) is 0 Å². The zero-order chi connectivity index (χ0) is 8.85. The maximum Gasteiger partial charge on any atom is 0.172 e. The van der Waals surface area contributed by atoms with E-state index >= 15 is 0 Å². The Morgan fingerprint density at radius 1 is 1.64 bits per heavy atom. The lowest BCUT2D eigenvalue weighted by Crippen LogP contribution is -2.37. The smallest absolute Gasteiger partial charge is 0.172 e. The van der Waals surface area contributed by atoms with Gasteiger partial charge in [-0.05, 0) is 13.8 Å². The molecule has 0 saturated carbocycles. The highest BCUT2D eigenvalue weighted by atomic mass is 127. The van der Waals surface area contributed by atoms with Gasteiger partial charge in [0.15, 0.2) is 22.9 Å². The fourth-order valence-corrected chi connectivity index (χ4v) is 1.41. The molecule has 0 fully saturated rings. The third kappa shape index (κ3) is 4.28. The van der Waals surface area contributed by atoms with Crippen LogP contribution in [0.25, 0.3) is 0 Å². The molecule has 0 heterocycles. The number of alkyl halides is 1. The second-order valence-electron chi connectivity index (χ2n) is 2.27. The molecule has 0 aliphatic carbocycles. The van der Waals surface area contributed by atoms with Crippen molar-refractivity contribution in [3.8, 4) is 0 Å². The second kappa shape index (κ2) is 6.21. The summed E-state index contributed by atoms with van der Waals surface area (Å²) in [4.78, 5) is 0.643. The van der Waals surface area contributed by atoms with Crippen molar-refractivity contribution in [2.24, 2.45) is 3.33 Å². The van der Waals surface area contributed by atoms with E-state index in [1.807, 2.05) is 13.8 Å². The minimum absolute atomic E-state index is 0.209. The number of hydrogen-bond acceptors (Lipinski definition) is 2. The Hall–Kier alpha value is 0.660. The molecule has 0 atom stereocenters.